The normalized spacial score (nSPS) is 12.4. The molecule has 0 aliphatic heterocycles. The van der Waals surface area contributed by atoms with Gasteiger partial charge in [-0.3, -0.25) is 14.4 Å². The second kappa shape index (κ2) is 34.8. The van der Waals surface area contributed by atoms with Gasteiger partial charge in [0.05, 0.1) is 14.2 Å². The van der Waals surface area contributed by atoms with E-state index in [9.17, 15) is 24.4 Å². The first-order chi connectivity index (χ1) is 41.7. The number of alkyl halides is 1. The lowest BCUT2D eigenvalue weighted by molar-refractivity contribution is -0.145. The number of hydrogen-bond donors (Lipinski definition) is 4. The number of fused-ring (bicyclic) bond motifs is 8. The van der Waals surface area contributed by atoms with E-state index in [0.29, 0.717) is 5.71 Å². The number of ketones is 2. The maximum absolute atomic E-state index is 12.3. The highest BCUT2D eigenvalue weighted by Gasteiger charge is 2.23. The van der Waals surface area contributed by atoms with Crippen molar-refractivity contribution in [2.45, 2.75) is 51.4 Å². The lowest BCUT2D eigenvalue weighted by Crippen LogP contribution is -2.13. The van der Waals surface area contributed by atoms with Crippen molar-refractivity contribution < 1.29 is 53.8 Å². The molecule has 17 heteroatoms. The number of hydrogen-bond acceptors (Lipinski definition) is 15. The number of rotatable bonds is 8. The molecule has 15 nitrogen and oxygen atoms in total. The predicted octanol–water partition coefficient (Wildman–Crippen LogP) is 11.2. The fourth-order valence-electron chi connectivity index (χ4n) is 10.2. The number of esters is 2. The molecule has 0 spiro atoms. The maximum atomic E-state index is 12.3. The fourth-order valence-corrected chi connectivity index (χ4v) is 10.4. The molecule has 0 amide bonds. The van der Waals surface area contributed by atoms with E-state index in [0.717, 1.165) is 107 Å². The molecule has 0 unspecified atom stereocenters. The molecule has 0 aromatic heterocycles. The summed E-state index contributed by atoms with van der Waals surface area (Å²) in [6.07, 6.45) is 7.71. The Hall–Kier alpha value is -8.90. The van der Waals surface area contributed by atoms with Crippen LogP contribution < -0.4 is 5.90 Å². The number of methoxy groups -OCH3 is 2. The van der Waals surface area contributed by atoms with Gasteiger partial charge in [-0.2, -0.15) is 0 Å². The first kappa shape index (κ1) is 66.2. The van der Waals surface area contributed by atoms with Crippen molar-refractivity contribution in [2.75, 3.05) is 39.4 Å². The van der Waals surface area contributed by atoms with E-state index in [1.807, 2.05) is 146 Å². The minimum atomic E-state index is -0.530. The van der Waals surface area contributed by atoms with Crippen molar-refractivity contribution in [1.82, 2.24) is 0 Å². The number of nitrogens with zero attached hydrogens (tertiary/aromatic N) is 3. The van der Waals surface area contributed by atoms with E-state index < -0.39 is 12.6 Å². The molecule has 0 saturated carbocycles. The standard InChI is InChI=1S/2C18H17NO3.C15H13NO.C15H12O.C3H5BrO2.ClH.H3NO/c1-21-17(20)12-22-19-18-15-8-4-2-6-13(15)10-11-14-7-3-5-9-16(14)18;20-11-15(21)12-22-19-18-16-7-3-1-5-13(16)9-10-14-6-2-4-8-17(14)18;17-16-15-13-7-3-1-5-11(13)9-10-12-6-2-4-8-14(12)15;16-15-13-7-3-1-5-11(13)9-10-12-6-2-4-8-14(12)15;1-6-3(5)2-4;;1-2/h2-9H,10-12H2,1H3;1-8,20H,9-12H2;1-8,17H,9-10H2;1-8H,9-10H2;2H2,1H3;1H;2H,1H2. The van der Waals surface area contributed by atoms with E-state index in [2.05, 4.69) is 95.3 Å². The van der Waals surface area contributed by atoms with Gasteiger partial charge in [0.2, 0.25) is 6.61 Å². The highest BCUT2D eigenvalue weighted by Crippen LogP contribution is 2.29. The van der Waals surface area contributed by atoms with Gasteiger partial charge in [-0.25, -0.2) is 10.7 Å². The minimum Gasteiger partial charge on any atom is -0.468 e. The predicted molar refractivity (Wildman–Crippen MR) is 338 cm³/mol. The van der Waals surface area contributed by atoms with Crippen molar-refractivity contribution in [3.05, 3.63) is 283 Å². The first-order valence-electron chi connectivity index (χ1n) is 27.6. The van der Waals surface area contributed by atoms with Crippen LogP contribution in [0.1, 0.15) is 93.8 Å². The van der Waals surface area contributed by atoms with Gasteiger partial charge in [-0.1, -0.05) is 226 Å². The number of aryl methyl sites for hydroxylation is 8. The van der Waals surface area contributed by atoms with Crippen LogP contribution in [0.2, 0.25) is 0 Å². The molecule has 0 radical (unpaired) electrons. The van der Waals surface area contributed by atoms with Gasteiger partial charge in [0.15, 0.2) is 18.2 Å². The molecular formula is C69H68BrClN4O11. The number of carbonyl (C=O) groups is 4. The Bertz CT molecular complexity index is 3350. The summed E-state index contributed by atoms with van der Waals surface area (Å²) in [4.78, 5) is 55.0. The Morgan fingerprint density at radius 1 is 0.419 bits per heavy atom. The largest absolute Gasteiger partial charge is 0.468 e. The third-order valence-electron chi connectivity index (χ3n) is 14.4. The second-order valence-corrected chi connectivity index (χ2v) is 20.0. The summed E-state index contributed by atoms with van der Waals surface area (Å²) in [5.41, 5.74) is 19.9. The van der Waals surface area contributed by atoms with Crippen LogP contribution >= 0.6 is 28.3 Å². The Morgan fingerprint density at radius 2 is 0.663 bits per heavy atom. The van der Waals surface area contributed by atoms with Crippen LogP contribution in [0.25, 0.3) is 0 Å². The molecular weight excluding hydrogens is 1180 g/mol. The lowest BCUT2D eigenvalue weighted by Gasteiger charge is -2.09. The van der Waals surface area contributed by atoms with Gasteiger partial charge in [0.1, 0.15) is 29.1 Å². The van der Waals surface area contributed by atoms with E-state index in [1.165, 1.54) is 58.7 Å². The highest BCUT2D eigenvalue weighted by molar-refractivity contribution is 9.09. The summed E-state index contributed by atoms with van der Waals surface area (Å²) < 4.78 is 8.78. The summed E-state index contributed by atoms with van der Waals surface area (Å²) in [6.45, 7) is -0.938. The van der Waals surface area contributed by atoms with Crippen molar-refractivity contribution >= 4 is 69.0 Å². The van der Waals surface area contributed by atoms with E-state index in [-0.39, 0.29) is 48.5 Å². The minimum absolute atomic E-state index is 0. The van der Waals surface area contributed by atoms with Crippen LogP contribution in [0.15, 0.2) is 210 Å². The molecule has 12 rings (SSSR count). The molecule has 86 heavy (non-hydrogen) atoms. The zero-order valence-electron chi connectivity index (χ0n) is 47.8. The summed E-state index contributed by atoms with van der Waals surface area (Å²) >= 11 is 2.90. The average molecular weight is 1240 g/mol. The Kier molecular flexibility index (Phi) is 26.8. The summed E-state index contributed by atoms with van der Waals surface area (Å²) in [5.74, 6) is 2.60. The quantitative estimate of drug-likeness (QED) is 0.0482. The van der Waals surface area contributed by atoms with E-state index >= 15 is 0 Å². The van der Waals surface area contributed by atoms with Gasteiger partial charge in [-0.15, -0.1) is 12.4 Å². The van der Waals surface area contributed by atoms with E-state index in [1.54, 1.807) is 0 Å². The Balaban J connectivity index is 0.000000176. The van der Waals surface area contributed by atoms with Crippen LogP contribution in [0, 0.1) is 0 Å². The molecule has 0 saturated heterocycles. The van der Waals surface area contributed by atoms with Crippen LogP contribution in [0.4, 0.5) is 0 Å². The molecule has 0 atom stereocenters. The van der Waals surface area contributed by atoms with Crippen LogP contribution in [-0.2, 0) is 84.9 Å². The Labute approximate surface area is 515 Å². The van der Waals surface area contributed by atoms with Crippen molar-refractivity contribution in [3.8, 4) is 0 Å². The molecule has 444 valence electrons. The number of halogens is 2. The fraction of sp³-hybridized carbons (Fsp3) is 0.203. The zero-order chi connectivity index (χ0) is 60.3. The number of oxime groups is 3. The summed E-state index contributed by atoms with van der Waals surface area (Å²) in [6, 6.07) is 64.7. The molecule has 0 bridgehead atoms. The molecule has 4 aliphatic rings. The average Bonchev–Trinajstić information content (AvgIpc) is 3.02. The molecule has 8 aromatic carbocycles. The SMILES string of the molecule is COC(=O)CBr.COC(=O)CON=C1c2ccccc2CCc2ccccc21.Cl.NO.O=C(CO)CON=C1c2ccccc2CCc2ccccc21.O=C1c2ccccc2CCc2ccccc21.ON=C1c2ccccc2CCc2ccccc21. The topological polar surface area (TPSA) is 229 Å². The van der Waals surface area contributed by atoms with Crippen LogP contribution in [0.3, 0.4) is 0 Å². The van der Waals surface area contributed by atoms with Crippen LogP contribution in [0.5, 0.6) is 0 Å². The first-order valence-corrected chi connectivity index (χ1v) is 28.7. The van der Waals surface area contributed by atoms with E-state index in [4.69, 9.17) is 20.0 Å². The maximum Gasteiger partial charge on any atom is 0.346 e. The number of nitrogens with two attached hydrogens (primary N) is 1. The highest BCUT2D eigenvalue weighted by atomic mass is 79.9. The summed E-state index contributed by atoms with van der Waals surface area (Å²) in [7, 11) is 2.68. The monoisotopic (exact) mass is 1240 g/mol. The number of aliphatic hydroxyl groups is 1. The van der Waals surface area contributed by atoms with Gasteiger partial charge in [-0.05, 0) is 95.9 Å². The second-order valence-electron chi connectivity index (χ2n) is 19.4. The molecule has 0 heterocycles. The molecule has 8 aromatic rings. The molecule has 5 N–H and O–H groups in total. The number of benzene rings is 8. The smallest absolute Gasteiger partial charge is 0.346 e. The number of aliphatic hydroxyl groups excluding tert-OH is 1. The van der Waals surface area contributed by atoms with Gasteiger partial charge in [0.25, 0.3) is 0 Å². The van der Waals surface area contributed by atoms with Gasteiger partial charge in [0, 0.05) is 44.5 Å². The third-order valence-corrected chi connectivity index (χ3v) is 14.8. The number of carbonyl (C=O) groups excluding carboxylic acids is 4. The van der Waals surface area contributed by atoms with Gasteiger partial charge >= 0.3 is 11.9 Å². The van der Waals surface area contributed by atoms with Crippen molar-refractivity contribution in [3.63, 3.8) is 0 Å². The molecule has 0 fully saturated rings. The lowest BCUT2D eigenvalue weighted by atomic mass is 9.98. The zero-order valence-corrected chi connectivity index (χ0v) is 50.2. The molecule has 4 aliphatic carbocycles. The number of Topliss-reactive ketones (excluding diaryl/α,β-unsaturated/α-hetero) is 1. The van der Waals surface area contributed by atoms with Crippen LogP contribution in [-0.4, -0.2) is 95.5 Å². The number of ether oxygens (including phenoxy) is 2. The van der Waals surface area contributed by atoms with Gasteiger partial charge < -0.3 is 34.7 Å². The van der Waals surface area contributed by atoms with Crippen molar-refractivity contribution in [1.29, 1.82) is 0 Å². The van der Waals surface area contributed by atoms with Crippen molar-refractivity contribution in [2.24, 2.45) is 21.4 Å². The Morgan fingerprint density at radius 3 is 0.907 bits per heavy atom. The summed E-state index contributed by atoms with van der Waals surface area (Å²) in [5, 5.41) is 36.8. The third kappa shape index (κ3) is 17.6.